The number of carbonyl (C=O) groups is 1. The summed E-state index contributed by atoms with van der Waals surface area (Å²) in [5, 5.41) is 13.4. The van der Waals surface area contributed by atoms with Crippen LogP contribution >= 0.6 is 11.6 Å². The lowest BCUT2D eigenvalue weighted by molar-refractivity contribution is 0.0698. The van der Waals surface area contributed by atoms with E-state index in [1.165, 1.54) is 41.8 Å². The molecule has 0 atom stereocenters. The van der Waals surface area contributed by atoms with Crippen LogP contribution in [0, 0.1) is 0 Å². The maximum absolute atomic E-state index is 11.4. The highest BCUT2D eigenvalue weighted by molar-refractivity contribution is 6.30. The molecule has 0 radical (unpaired) electrons. The second-order valence-corrected chi connectivity index (χ2v) is 7.58. The molecule has 5 heteroatoms. The number of pyridine rings is 1. The molecule has 0 aliphatic heterocycles. The molecule has 0 unspecified atom stereocenters. The molecular weight excluding hydrogens is 372 g/mol. The van der Waals surface area contributed by atoms with Gasteiger partial charge in [0.2, 0.25) is 0 Å². The molecule has 0 spiro atoms. The van der Waals surface area contributed by atoms with Crippen molar-refractivity contribution in [1.82, 2.24) is 4.98 Å². The molecule has 3 aromatic rings. The van der Waals surface area contributed by atoms with Gasteiger partial charge in [0.1, 0.15) is 0 Å². The predicted octanol–water partition coefficient (Wildman–Crippen LogP) is 5.51. The molecular formula is C23H21ClN2O2. The molecule has 2 aromatic carbocycles. The third-order valence-electron chi connectivity index (χ3n) is 5.15. The number of hydrogen-bond acceptors (Lipinski definition) is 3. The van der Waals surface area contributed by atoms with Crippen molar-refractivity contribution in [2.45, 2.75) is 31.7 Å². The SMILES string of the molecule is O=C(O)c1ccncc1NCc1ccccc1Cc1ccc(Cl)cc1C1CC1. The quantitative estimate of drug-likeness (QED) is 0.556. The molecule has 1 aliphatic carbocycles. The van der Waals surface area contributed by atoms with E-state index < -0.39 is 5.97 Å². The molecule has 2 N–H and O–H groups in total. The zero-order valence-electron chi connectivity index (χ0n) is 15.4. The van der Waals surface area contributed by atoms with Crippen molar-refractivity contribution in [2.75, 3.05) is 5.32 Å². The third kappa shape index (κ3) is 4.18. The van der Waals surface area contributed by atoms with Crippen LogP contribution in [-0.2, 0) is 13.0 Å². The zero-order valence-corrected chi connectivity index (χ0v) is 16.1. The molecule has 0 saturated heterocycles. The van der Waals surface area contributed by atoms with Crippen LogP contribution < -0.4 is 5.32 Å². The molecule has 1 heterocycles. The molecule has 0 bridgehead atoms. The standard InChI is InChI=1S/C23H21ClN2O2/c24-19-8-7-17(21(12-19)15-5-6-15)11-16-3-1-2-4-18(16)13-26-22-14-25-10-9-20(22)23(27)28/h1-4,7-10,12,14-15,26H,5-6,11,13H2,(H,27,28). The van der Waals surface area contributed by atoms with Crippen molar-refractivity contribution in [3.8, 4) is 0 Å². The maximum Gasteiger partial charge on any atom is 0.337 e. The van der Waals surface area contributed by atoms with Crippen LogP contribution in [0.5, 0.6) is 0 Å². The van der Waals surface area contributed by atoms with E-state index in [0.29, 0.717) is 18.2 Å². The van der Waals surface area contributed by atoms with E-state index >= 15 is 0 Å². The minimum absolute atomic E-state index is 0.223. The highest BCUT2D eigenvalue weighted by Crippen LogP contribution is 2.43. The summed E-state index contributed by atoms with van der Waals surface area (Å²) in [5.41, 5.74) is 5.78. The van der Waals surface area contributed by atoms with Gasteiger partial charge in [0.25, 0.3) is 0 Å². The molecule has 4 rings (SSSR count). The molecule has 142 valence electrons. The van der Waals surface area contributed by atoms with Crippen LogP contribution in [-0.4, -0.2) is 16.1 Å². The van der Waals surface area contributed by atoms with Crippen LogP contribution in [0.15, 0.2) is 60.9 Å². The van der Waals surface area contributed by atoms with Gasteiger partial charge in [0.15, 0.2) is 0 Å². The van der Waals surface area contributed by atoms with E-state index in [0.717, 1.165) is 17.0 Å². The normalized spacial score (nSPS) is 13.3. The summed E-state index contributed by atoms with van der Waals surface area (Å²) in [6.45, 7) is 0.536. The highest BCUT2D eigenvalue weighted by Gasteiger charge is 2.26. The maximum atomic E-state index is 11.4. The molecule has 1 aromatic heterocycles. The molecule has 28 heavy (non-hydrogen) atoms. The van der Waals surface area contributed by atoms with Gasteiger partial charge in [-0.1, -0.05) is 41.9 Å². The van der Waals surface area contributed by atoms with Gasteiger partial charge < -0.3 is 10.4 Å². The lowest BCUT2D eigenvalue weighted by Crippen LogP contribution is -2.08. The van der Waals surface area contributed by atoms with Gasteiger partial charge >= 0.3 is 5.97 Å². The number of halogens is 1. The van der Waals surface area contributed by atoms with Gasteiger partial charge in [-0.25, -0.2) is 4.79 Å². The number of nitrogens with zero attached hydrogens (tertiary/aromatic N) is 1. The van der Waals surface area contributed by atoms with Gasteiger partial charge in [-0.15, -0.1) is 0 Å². The van der Waals surface area contributed by atoms with Crippen molar-refractivity contribution in [2.24, 2.45) is 0 Å². The molecule has 0 amide bonds. The molecule has 1 aliphatic rings. The van der Waals surface area contributed by atoms with Crippen LogP contribution in [0.25, 0.3) is 0 Å². The van der Waals surface area contributed by atoms with E-state index in [9.17, 15) is 9.90 Å². The Hall–Kier alpha value is -2.85. The average molecular weight is 393 g/mol. The zero-order chi connectivity index (χ0) is 19.5. The smallest absolute Gasteiger partial charge is 0.337 e. The number of nitrogens with one attached hydrogen (secondary N) is 1. The van der Waals surface area contributed by atoms with E-state index in [-0.39, 0.29) is 5.56 Å². The first-order valence-corrected chi connectivity index (χ1v) is 9.76. The lowest BCUT2D eigenvalue weighted by atomic mass is 9.94. The fraction of sp³-hybridized carbons (Fsp3) is 0.217. The third-order valence-corrected chi connectivity index (χ3v) is 5.38. The predicted molar refractivity (Wildman–Crippen MR) is 111 cm³/mol. The highest BCUT2D eigenvalue weighted by atomic mass is 35.5. The molecule has 1 saturated carbocycles. The number of hydrogen-bond donors (Lipinski definition) is 2. The number of aromatic nitrogens is 1. The van der Waals surface area contributed by atoms with Gasteiger partial charge in [0, 0.05) is 17.8 Å². The van der Waals surface area contributed by atoms with Crippen LogP contribution in [0.3, 0.4) is 0 Å². The summed E-state index contributed by atoms with van der Waals surface area (Å²) in [4.78, 5) is 15.4. The summed E-state index contributed by atoms with van der Waals surface area (Å²) in [7, 11) is 0. The Morgan fingerprint density at radius 3 is 2.64 bits per heavy atom. The monoisotopic (exact) mass is 392 g/mol. The summed E-state index contributed by atoms with van der Waals surface area (Å²) < 4.78 is 0. The fourth-order valence-electron chi connectivity index (χ4n) is 3.52. The minimum atomic E-state index is -0.964. The summed E-state index contributed by atoms with van der Waals surface area (Å²) >= 11 is 6.22. The Morgan fingerprint density at radius 2 is 1.89 bits per heavy atom. The lowest BCUT2D eigenvalue weighted by Gasteiger charge is -2.15. The number of anilines is 1. The first-order valence-electron chi connectivity index (χ1n) is 9.38. The van der Waals surface area contributed by atoms with Crippen molar-refractivity contribution in [1.29, 1.82) is 0 Å². The second kappa shape index (κ2) is 8.03. The van der Waals surface area contributed by atoms with Gasteiger partial charge in [0.05, 0.1) is 17.4 Å². The van der Waals surface area contributed by atoms with E-state index in [1.54, 1.807) is 6.20 Å². The average Bonchev–Trinajstić information content (AvgIpc) is 3.54. The van der Waals surface area contributed by atoms with E-state index in [1.807, 2.05) is 18.2 Å². The van der Waals surface area contributed by atoms with Crippen molar-refractivity contribution in [3.05, 3.63) is 93.8 Å². The van der Waals surface area contributed by atoms with Crippen molar-refractivity contribution >= 4 is 23.3 Å². The number of aromatic carboxylic acids is 1. The Morgan fingerprint density at radius 1 is 1.11 bits per heavy atom. The van der Waals surface area contributed by atoms with Crippen LogP contribution in [0.1, 0.15) is 51.4 Å². The number of benzene rings is 2. The van der Waals surface area contributed by atoms with Crippen molar-refractivity contribution < 1.29 is 9.90 Å². The fourth-order valence-corrected chi connectivity index (χ4v) is 3.70. The Labute approximate surface area is 169 Å². The minimum Gasteiger partial charge on any atom is -0.478 e. The first-order chi connectivity index (χ1) is 13.6. The Balaban J connectivity index is 1.56. The Bertz CT molecular complexity index is 1010. The van der Waals surface area contributed by atoms with Crippen molar-refractivity contribution in [3.63, 3.8) is 0 Å². The van der Waals surface area contributed by atoms with Crippen LogP contribution in [0.2, 0.25) is 5.02 Å². The Kier molecular flexibility index (Phi) is 5.31. The second-order valence-electron chi connectivity index (χ2n) is 7.14. The summed E-state index contributed by atoms with van der Waals surface area (Å²) in [6, 6.07) is 15.9. The van der Waals surface area contributed by atoms with Gasteiger partial charge in [-0.2, -0.15) is 0 Å². The topological polar surface area (TPSA) is 62.2 Å². The van der Waals surface area contributed by atoms with Gasteiger partial charge in [-0.3, -0.25) is 4.98 Å². The number of rotatable bonds is 7. The summed E-state index contributed by atoms with van der Waals surface area (Å²) in [5.74, 6) is -0.332. The van der Waals surface area contributed by atoms with Gasteiger partial charge in [-0.05, 0) is 65.6 Å². The molecule has 4 nitrogen and oxygen atoms in total. The van der Waals surface area contributed by atoms with Crippen LogP contribution in [0.4, 0.5) is 5.69 Å². The number of carboxylic acid groups (broad SMARTS) is 1. The number of carboxylic acids is 1. The molecule has 1 fully saturated rings. The largest absolute Gasteiger partial charge is 0.478 e. The first kappa shape index (κ1) is 18.5. The summed E-state index contributed by atoms with van der Waals surface area (Å²) in [6.07, 6.45) is 6.34. The van der Waals surface area contributed by atoms with E-state index in [4.69, 9.17) is 11.6 Å². The van der Waals surface area contributed by atoms with E-state index in [2.05, 4.69) is 34.6 Å².